The van der Waals surface area contributed by atoms with Crippen LogP contribution in [0.25, 0.3) is 11.4 Å². The largest absolute Gasteiger partial charge is 0.338 e. The van der Waals surface area contributed by atoms with Crippen LogP contribution >= 0.6 is 11.8 Å². The molecule has 5 nitrogen and oxygen atoms in total. The average Bonchev–Trinajstić information content (AvgIpc) is 3.19. The molecule has 30 heavy (non-hydrogen) atoms. The number of benzene rings is 2. The second kappa shape index (κ2) is 9.04. The monoisotopic (exact) mass is 420 g/mol. The van der Waals surface area contributed by atoms with Gasteiger partial charge in [0.25, 0.3) is 0 Å². The Morgan fingerprint density at radius 2 is 1.93 bits per heavy atom. The lowest BCUT2D eigenvalue weighted by Crippen LogP contribution is -2.34. The van der Waals surface area contributed by atoms with Crippen molar-refractivity contribution in [3.8, 4) is 11.4 Å². The molecule has 1 aliphatic rings. The van der Waals surface area contributed by atoms with Gasteiger partial charge in [0.05, 0.1) is 11.8 Å². The summed E-state index contributed by atoms with van der Waals surface area (Å²) >= 11 is 1.47. The van der Waals surface area contributed by atoms with E-state index >= 15 is 0 Å². The van der Waals surface area contributed by atoms with Gasteiger partial charge in [-0.2, -0.15) is 0 Å². The number of hydrogen-bond acceptors (Lipinski definition) is 4. The molecule has 4 rings (SSSR count). The highest BCUT2D eigenvalue weighted by Crippen LogP contribution is 2.34. The Bertz CT molecular complexity index is 1050. The van der Waals surface area contributed by atoms with Crippen molar-refractivity contribution in [2.24, 2.45) is 0 Å². The molecule has 0 spiro atoms. The van der Waals surface area contributed by atoms with Crippen LogP contribution in [0.1, 0.15) is 42.5 Å². The van der Waals surface area contributed by atoms with E-state index in [-0.39, 0.29) is 11.9 Å². The van der Waals surface area contributed by atoms with E-state index in [4.69, 9.17) is 0 Å². The Morgan fingerprint density at radius 1 is 1.17 bits per heavy atom. The van der Waals surface area contributed by atoms with E-state index in [9.17, 15) is 4.79 Å². The maximum atomic E-state index is 13.0. The van der Waals surface area contributed by atoms with E-state index in [1.807, 2.05) is 24.1 Å². The fourth-order valence-electron chi connectivity index (χ4n) is 4.24. The normalized spacial score (nSPS) is 15.6. The molecule has 1 atom stereocenters. The highest BCUT2D eigenvalue weighted by Gasteiger charge is 2.27. The first-order chi connectivity index (χ1) is 14.6. The number of carbonyl (C=O) groups excluding carboxylic acids is 1. The number of nitrogens with zero attached hydrogens (tertiary/aromatic N) is 4. The summed E-state index contributed by atoms with van der Waals surface area (Å²) in [5.74, 6) is 1.35. The van der Waals surface area contributed by atoms with Gasteiger partial charge >= 0.3 is 0 Å². The number of carbonyl (C=O) groups is 1. The number of fused-ring (bicyclic) bond motifs is 1. The fourth-order valence-corrected chi connectivity index (χ4v) is 5.16. The van der Waals surface area contributed by atoms with Crippen molar-refractivity contribution >= 4 is 17.7 Å². The molecule has 1 amide bonds. The number of aryl methyl sites for hydroxylation is 2. The highest BCUT2D eigenvalue weighted by molar-refractivity contribution is 7.99. The minimum absolute atomic E-state index is 0.129. The summed E-state index contributed by atoms with van der Waals surface area (Å²) in [4.78, 5) is 14.9. The van der Waals surface area contributed by atoms with Gasteiger partial charge in [0.2, 0.25) is 5.91 Å². The van der Waals surface area contributed by atoms with Gasteiger partial charge in [0.1, 0.15) is 0 Å². The molecule has 2 aromatic carbocycles. The standard InChI is InChI=1S/C24H28N4OS/c1-4-28-23(19-13-7-5-10-17(19)2)25-26-24(28)30-16-22(29)27(3)21-15-9-12-18-11-6-8-14-20(18)21/h5-8,10-11,13-14,21H,4,9,12,15-16H2,1-3H3/t21-/m1/s1. The Hall–Kier alpha value is -2.60. The number of amides is 1. The topological polar surface area (TPSA) is 51.0 Å². The molecule has 156 valence electrons. The lowest BCUT2D eigenvalue weighted by molar-refractivity contribution is -0.129. The molecule has 0 N–H and O–H groups in total. The molecule has 0 radical (unpaired) electrons. The minimum Gasteiger partial charge on any atom is -0.338 e. The molecule has 1 heterocycles. The summed E-state index contributed by atoms with van der Waals surface area (Å²) in [5, 5.41) is 9.61. The van der Waals surface area contributed by atoms with Crippen LogP contribution in [0, 0.1) is 6.92 Å². The average molecular weight is 421 g/mol. The Balaban J connectivity index is 1.48. The molecule has 0 unspecified atom stereocenters. The zero-order valence-corrected chi connectivity index (χ0v) is 18.7. The zero-order chi connectivity index (χ0) is 21.1. The summed E-state index contributed by atoms with van der Waals surface area (Å²) < 4.78 is 2.09. The quantitative estimate of drug-likeness (QED) is 0.532. The third kappa shape index (κ3) is 4.01. The van der Waals surface area contributed by atoms with Crippen molar-refractivity contribution < 1.29 is 4.79 Å². The van der Waals surface area contributed by atoms with Crippen LogP contribution in [0.4, 0.5) is 0 Å². The van der Waals surface area contributed by atoms with Gasteiger partial charge in [-0.15, -0.1) is 10.2 Å². The number of thioether (sulfide) groups is 1. The van der Waals surface area contributed by atoms with E-state index in [0.29, 0.717) is 5.75 Å². The smallest absolute Gasteiger partial charge is 0.233 e. The first-order valence-electron chi connectivity index (χ1n) is 10.6. The van der Waals surface area contributed by atoms with Crippen LogP contribution < -0.4 is 0 Å². The summed E-state index contributed by atoms with van der Waals surface area (Å²) in [6.45, 7) is 4.93. The fraction of sp³-hybridized carbons (Fsp3) is 0.375. The SMILES string of the molecule is CCn1c(SCC(=O)N(C)[C@@H]2CCCc3ccccc32)nnc1-c1ccccc1C. The first-order valence-corrected chi connectivity index (χ1v) is 11.5. The van der Waals surface area contributed by atoms with Gasteiger partial charge in [0, 0.05) is 19.2 Å². The van der Waals surface area contributed by atoms with Crippen molar-refractivity contribution in [2.75, 3.05) is 12.8 Å². The second-order valence-electron chi connectivity index (χ2n) is 7.77. The highest BCUT2D eigenvalue weighted by atomic mass is 32.2. The van der Waals surface area contributed by atoms with Crippen LogP contribution in [0.2, 0.25) is 0 Å². The molecule has 3 aromatic rings. The lowest BCUT2D eigenvalue weighted by Gasteiger charge is -2.33. The van der Waals surface area contributed by atoms with Crippen molar-refractivity contribution in [3.63, 3.8) is 0 Å². The summed E-state index contributed by atoms with van der Waals surface area (Å²) in [6, 6.07) is 16.9. The molecule has 1 aromatic heterocycles. The van der Waals surface area contributed by atoms with Crippen molar-refractivity contribution in [2.45, 2.75) is 50.9 Å². The van der Waals surface area contributed by atoms with Crippen LogP contribution in [0.3, 0.4) is 0 Å². The summed E-state index contributed by atoms with van der Waals surface area (Å²) in [5.41, 5.74) is 4.92. The Morgan fingerprint density at radius 3 is 2.73 bits per heavy atom. The van der Waals surface area contributed by atoms with E-state index < -0.39 is 0 Å². The molecular formula is C24H28N4OS. The molecule has 0 saturated heterocycles. The molecule has 0 bridgehead atoms. The van der Waals surface area contributed by atoms with Crippen molar-refractivity contribution in [1.82, 2.24) is 19.7 Å². The minimum atomic E-state index is 0.129. The molecular weight excluding hydrogens is 392 g/mol. The van der Waals surface area contributed by atoms with Crippen LogP contribution in [0.15, 0.2) is 53.7 Å². The third-order valence-corrected chi connectivity index (χ3v) is 6.89. The van der Waals surface area contributed by atoms with Gasteiger partial charge in [-0.25, -0.2) is 0 Å². The van der Waals surface area contributed by atoms with Crippen LogP contribution in [-0.2, 0) is 17.8 Å². The van der Waals surface area contributed by atoms with E-state index in [1.54, 1.807) is 0 Å². The van der Waals surface area contributed by atoms with Gasteiger partial charge < -0.3 is 9.47 Å². The van der Waals surface area contributed by atoms with Crippen molar-refractivity contribution in [1.29, 1.82) is 0 Å². The predicted octanol–water partition coefficient (Wildman–Crippen LogP) is 4.90. The number of hydrogen-bond donors (Lipinski definition) is 0. The van der Waals surface area contributed by atoms with Gasteiger partial charge in [0.15, 0.2) is 11.0 Å². The van der Waals surface area contributed by atoms with Gasteiger partial charge in [-0.3, -0.25) is 4.79 Å². The molecule has 0 fully saturated rings. The van der Waals surface area contributed by atoms with E-state index in [1.165, 1.54) is 28.5 Å². The number of aromatic nitrogens is 3. The van der Waals surface area contributed by atoms with Crippen LogP contribution in [-0.4, -0.2) is 38.4 Å². The maximum Gasteiger partial charge on any atom is 0.233 e. The molecule has 6 heteroatoms. The summed E-state index contributed by atoms with van der Waals surface area (Å²) in [6.07, 6.45) is 3.24. The lowest BCUT2D eigenvalue weighted by atomic mass is 9.87. The summed E-state index contributed by atoms with van der Waals surface area (Å²) in [7, 11) is 1.93. The first kappa shape index (κ1) is 20.7. The van der Waals surface area contributed by atoms with E-state index in [0.717, 1.165) is 42.4 Å². The predicted molar refractivity (Wildman–Crippen MR) is 121 cm³/mol. The zero-order valence-electron chi connectivity index (χ0n) is 17.8. The molecule has 1 aliphatic carbocycles. The third-order valence-electron chi connectivity index (χ3n) is 5.94. The van der Waals surface area contributed by atoms with E-state index in [2.05, 4.69) is 65.0 Å². The Kier molecular flexibility index (Phi) is 6.23. The second-order valence-corrected chi connectivity index (χ2v) is 8.71. The maximum absolute atomic E-state index is 13.0. The van der Waals surface area contributed by atoms with Crippen LogP contribution in [0.5, 0.6) is 0 Å². The molecule has 0 aliphatic heterocycles. The Labute approximate surface area is 182 Å². The molecule has 0 saturated carbocycles. The van der Waals surface area contributed by atoms with Gasteiger partial charge in [-0.1, -0.05) is 60.3 Å². The van der Waals surface area contributed by atoms with Crippen molar-refractivity contribution in [3.05, 3.63) is 65.2 Å². The van der Waals surface area contributed by atoms with Gasteiger partial charge in [-0.05, 0) is 49.8 Å². The number of rotatable bonds is 6.